The van der Waals surface area contributed by atoms with Crippen LogP contribution in [0.5, 0.6) is 0 Å². The molecule has 3 aromatic carbocycles. The lowest BCUT2D eigenvalue weighted by molar-refractivity contribution is 0.629. The molecule has 0 unspecified atom stereocenters. The fraction of sp³-hybridized carbons (Fsp3) is 0.143. The normalized spacial score (nSPS) is 16.2. The van der Waals surface area contributed by atoms with Gasteiger partial charge in [-0.3, -0.25) is 0 Å². The number of nitrogens with zero attached hydrogens (tertiary/aromatic N) is 1. The minimum Gasteiger partial charge on any atom is -0.308 e. The predicted molar refractivity (Wildman–Crippen MR) is 106 cm³/mol. The van der Waals surface area contributed by atoms with Crippen LogP contribution in [0.2, 0.25) is 0 Å². The molecule has 24 heavy (non-hydrogen) atoms. The van der Waals surface area contributed by atoms with Crippen molar-refractivity contribution in [2.24, 2.45) is 0 Å². The molecule has 0 radical (unpaired) electrons. The number of hydrogen-bond donors (Lipinski definition) is 0. The highest BCUT2D eigenvalue weighted by Crippen LogP contribution is 2.59. The molecule has 5 rings (SSSR count). The Balaban J connectivity index is 1.93. The standard InChI is InChI=1S/C21H18BNS/c1-21(2)14-7-3-4-8-16(14)23-17-9-5-6-10-18(17)24-19-12-13(22)11-15(21)20(19)23/h3-12H,22H2,1-2H3. The van der Waals surface area contributed by atoms with Gasteiger partial charge in [0.2, 0.25) is 0 Å². The number of hydrogen-bond acceptors (Lipinski definition) is 2. The van der Waals surface area contributed by atoms with Crippen LogP contribution in [-0.2, 0) is 5.41 Å². The lowest BCUT2D eigenvalue weighted by Gasteiger charge is -2.45. The molecule has 0 aromatic heterocycles. The van der Waals surface area contributed by atoms with E-state index in [2.05, 4.69) is 87.3 Å². The first-order valence-electron chi connectivity index (χ1n) is 8.39. The molecule has 2 aliphatic heterocycles. The van der Waals surface area contributed by atoms with Gasteiger partial charge in [-0.25, -0.2) is 0 Å². The largest absolute Gasteiger partial charge is 0.308 e. The van der Waals surface area contributed by atoms with Gasteiger partial charge in [-0.2, -0.15) is 0 Å². The van der Waals surface area contributed by atoms with Crippen molar-refractivity contribution in [3.05, 3.63) is 71.8 Å². The van der Waals surface area contributed by atoms with Crippen LogP contribution in [0.1, 0.15) is 25.0 Å². The van der Waals surface area contributed by atoms with Crippen LogP contribution in [0, 0.1) is 0 Å². The van der Waals surface area contributed by atoms with E-state index < -0.39 is 0 Å². The summed E-state index contributed by atoms with van der Waals surface area (Å²) in [6, 6.07) is 22.3. The second kappa shape index (κ2) is 4.70. The summed E-state index contributed by atoms with van der Waals surface area (Å²) in [5.41, 5.74) is 8.15. The number of rotatable bonds is 0. The summed E-state index contributed by atoms with van der Waals surface area (Å²) in [6.45, 7) is 4.70. The highest BCUT2D eigenvalue weighted by molar-refractivity contribution is 7.99. The minimum absolute atomic E-state index is 0.00996. The molecule has 1 nitrogen and oxygen atoms in total. The van der Waals surface area contributed by atoms with E-state index in [1.54, 1.807) is 0 Å². The first-order chi connectivity index (χ1) is 11.6. The zero-order valence-electron chi connectivity index (χ0n) is 14.1. The Morgan fingerprint density at radius 3 is 2.38 bits per heavy atom. The molecule has 0 saturated carbocycles. The molecule has 0 atom stereocenters. The van der Waals surface area contributed by atoms with E-state index in [-0.39, 0.29) is 5.41 Å². The lowest BCUT2D eigenvalue weighted by Crippen LogP contribution is -2.33. The predicted octanol–water partition coefficient (Wildman–Crippen LogP) is 4.52. The maximum absolute atomic E-state index is 2.47. The van der Waals surface area contributed by atoms with Gasteiger partial charge < -0.3 is 4.90 Å². The summed E-state index contributed by atoms with van der Waals surface area (Å²) in [5, 5.41) is 0. The zero-order valence-corrected chi connectivity index (χ0v) is 14.9. The highest BCUT2D eigenvalue weighted by atomic mass is 32.2. The van der Waals surface area contributed by atoms with E-state index in [1.165, 1.54) is 43.4 Å². The van der Waals surface area contributed by atoms with Gasteiger partial charge in [0.15, 0.2) is 0 Å². The van der Waals surface area contributed by atoms with Crippen molar-refractivity contribution in [3.63, 3.8) is 0 Å². The Morgan fingerprint density at radius 2 is 1.54 bits per heavy atom. The number of fused-ring (bicyclic) bond motifs is 4. The van der Waals surface area contributed by atoms with E-state index in [1.807, 2.05) is 11.8 Å². The summed E-state index contributed by atoms with van der Waals surface area (Å²) >= 11 is 1.90. The van der Waals surface area contributed by atoms with Gasteiger partial charge >= 0.3 is 0 Å². The van der Waals surface area contributed by atoms with Crippen molar-refractivity contribution in [3.8, 4) is 0 Å². The maximum atomic E-state index is 2.47. The van der Waals surface area contributed by atoms with E-state index in [4.69, 9.17) is 0 Å². The van der Waals surface area contributed by atoms with Crippen molar-refractivity contribution in [2.45, 2.75) is 29.1 Å². The first kappa shape index (κ1) is 14.2. The van der Waals surface area contributed by atoms with Gasteiger partial charge in [-0.15, -0.1) is 0 Å². The zero-order chi connectivity index (χ0) is 16.5. The van der Waals surface area contributed by atoms with E-state index in [9.17, 15) is 0 Å². The molecule has 0 aliphatic carbocycles. The fourth-order valence-electron chi connectivity index (χ4n) is 4.09. The van der Waals surface area contributed by atoms with Crippen LogP contribution in [0.3, 0.4) is 0 Å². The van der Waals surface area contributed by atoms with Crippen molar-refractivity contribution in [1.82, 2.24) is 0 Å². The Bertz CT molecular complexity index is 993. The minimum atomic E-state index is 0.00996. The quantitative estimate of drug-likeness (QED) is 0.437. The lowest BCUT2D eigenvalue weighted by atomic mass is 9.72. The third-order valence-electron chi connectivity index (χ3n) is 5.26. The summed E-state index contributed by atoms with van der Waals surface area (Å²) < 4.78 is 0. The van der Waals surface area contributed by atoms with Crippen molar-refractivity contribution < 1.29 is 0 Å². The van der Waals surface area contributed by atoms with Gasteiger partial charge in [0.05, 0.1) is 17.1 Å². The molecule has 0 saturated heterocycles. The third-order valence-corrected chi connectivity index (χ3v) is 6.36. The van der Waals surface area contributed by atoms with Gasteiger partial charge in [0.1, 0.15) is 7.85 Å². The monoisotopic (exact) mass is 327 g/mol. The van der Waals surface area contributed by atoms with Gasteiger partial charge in [-0.05, 0) is 29.3 Å². The van der Waals surface area contributed by atoms with Crippen molar-refractivity contribution >= 4 is 42.1 Å². The van der Waals surface area contributed by atoms with Crippen LogP contribution in [0.15, 0.2) is 70.5 Å². The summed E-state index contributed by atoms with van der Waals surface area (Å²) in [7, 11) is 2.21. The smallest absolute Gasteiger partial charge is 0.139 e. The highest BCUT2D eigenvalue weighted by Gasteiger charge is 2.40. The van der Waals surface area contributed by atoms with E-state index in [0.717, 1.165) is 0 Å². The topological polar surface area (TPSA) is 3.24 Å². The maximum Gasteiger partial charge on any atom is 0.139 e. The molecule has 0 amide bonds. The van der Waals surface area contributed by atoms with E-state index in [0.29, 0.717) is 0 Å². The van der Waals surface area contributed by atoms with Crippen molar-refractivity contribution in [2.75, 3.05) is 4.90 Å². The Kier molecular flexibility index (Phi) is 2.79. The Labute approximate surface area is 148 Å². The third kappa shape index (κ3) is 1.74. The number of anilines is 3. The molecule has 0 fully saturated rings. The second-order valence-electron chi connectivity index (χ2n) is 7.21. The average Bonchev–Trinajstić information content (AvgIpc) is 2.58. The molecule has 0 bridgehead atoms. The number of benzene rings is 3. The molecular formula is C21H18BNS. The molecule has 2 aliphatic rings. The van der Waals surface area contributed by atoms with Crippen LogP contribution in [0.25, 0.3) is 0 Å². The van der Waals surface area contributed by atoms with Crippen LogP contribution in [0.4, 0.5) is 17.1 Å². The van der Waals surface area contributed by atoms with Crippen molar-refractivity contribution in [1.29, 1.82) is 0 Å². The average molecular weight is 327 g/mol. The molecule has 0 spiro atoms. The van der Waals surface area contributed by atoms with Crippen LogP contribution >= 0.6 is 11.8 Å². The van der Waals surface area contributed by atoms with Gasteiger partial charge in [0, 0.05) is 15.2 Å². The molecule has 0 N–H and O–H groups in total. The Morgan fingerprint density at radius 1 is 0.833 bits per heavy atom. The van der Waals surface area contributed by atoms with Gasteiger partial charge in [-0.1, -0.05) is 73.5 Å². The first-order valence-corrected chi connectivity index (χ1v) is 9.20. The van der Waals surface area contributed by atoms with Crippen LogP contribution < -0.4 is 10.4 Å². The molecule has 3 heteroatoms. The van der Waals surface area contributed by atoms with Gasteiger partial charge in [0.25, 0.3) is 0 Å². The molecular weight excluding hydrogens is 309 g/mol. The second-order valence-corrected chi connectivity index (χ2v) is 8.29. The summed E-state index contributed by atoms with van der Waals surface area (Å²) in [4.78, 5) is 5.17. The molecule has 116 valence electrons. The summed E-state index contributed by atoms with van der Waals surface area (Å²) in [6.07, 6.45) is 0. The SMILES string of the molecule is Bc1cc2c3c(c1)C(C)(C)c1ccccc1N3c1ccccc1S2. The summed E-state index contributed by atoms with van der Waals surface area (Å²) in [5.74, 6) is 0. The Hall–Kier alpha value is -2.13. The fourth-order valence-corrected chi connectivity index (χ4v) is 5.28. The van der Waals surface area contributed by atoms with E-state index >= 15 is 0 Å². The molecule has 3 aromatic rings. The molecule has 2 heterocycles. The number of para-hydroxylation sites is 2. The van der Waals surface area contributed by atoms with Crippen LogP contribution in [-0.4, -0.2) is 7.85 Å².